The van der Waals surface area contributed by atoms with E-state index in [-0.39, 0.29) is 6.04 Å². The molecule has 0 bridgehead atoms. The predicted octanol–water partition coefficient (Wildman–Crippen LogP) is 3.40. The van der Waals surface area contributed by atoms with Crippen LogP contribution in [0.5, 0.6) is 0 Å². The molecule has 6 heteroatoms. The SMILES string of the molecule is COC(=O)c1ccc(Cl)cc1NC(C)c1nccnc1C. The lowest BCUT2D eigenvalue weighted by molar-refractivity contribution is 0.0602. The van der Waals surface area contributed by atoms with Crippen LogP contribution < -0.4 is 5.32 Å². The lowest BCUT2D eigenvalue weighted by Crippen LogP contribution is -2.14. The number of esters is 1. The van der Waals surface area contributed by atoms with Crippen molar-refractivity contribution in [3.05, 3.63) is 52.6 Å². The van der Waals surface area contributed by atoms with Crippen molar-refractivity contribution < 1.29 is 9.53 Å². The molecule has 5 nitrogen and oxygen atoms in total. The molecule has 2 aromatic rings. The van der Waals surface area contributed by atoms with Gasteiger partial charge in [-0.25, -0.2) is 4.79 Å². The maximum atomic E-state index is 11.8. The fourth-order valence-electron chi connectivity index (χ4n) is 2.07. The standard InChI is InChI=1S/C15H16ClN3O2/c1-9-14(18-7-6-17-9)10(2)19-13-8-11(16)4-5-12(13)15(20)21-3/h4-8,10,19H,1-3H3. The van der Waals surface area contributed by atoms with E-state index in [0.717, 1.165) is 11.4 Å². The second kappa shape index (κ2) is 6.54. The van der Waals surface area contributed by atoms with Crippen molar-refractivity contribution in [3.8, 4) is 0 Å². The molecule has 21 heavy (non-hydrogen) atoms. The highest BCUT2D eigenvalue weighted by atomic mass is 35.5. The average Bonchev–Trinajstić information content (AvgIpc) is 2.47. The van der Waals surface area contributed by atoms with Gasteiger partial charge in [0.2, 0.25) is 0 Å². The van der Waals surface area contributed by atoms with Gasteiger partial charge in [0.05, 0.1) is 35.8 Å². The van der Waals surface area contributed by atoms with Crippen LogP contribution in [0, 0.1) is 6.92 Å². The summed E-state index contributed by atoms with van der Waals surface area (Å²) < 4.78 is 4.78. The molecule has 1 aromatic heterocycles. The lowest BCUT2D eigenvalue weighted by atomic mass is 10.1. The summed E-state index contributed by atoms with van der Waals surface area (Å²) in [5.74, 6) is -0.419. The Morgan fingerprint density at radius 3 is 2.71 bits per heavy atom. The largest absolute Gasteiger partial charge is 0.465 e. The molecule has 0 aliphatic rings. The Balaban J connectivity index is 2.32. The molecule has 1 aromatic carbocycles. The zero-order chi connectivity index (χ0) is 15.4. The van der Waals surface area contributed by atoms with Crippen LogP contribution in [0.15, 0.2) is 30.6 Å². The van der Waals surface area contributed by atoms with Gasteiger partial charge in [-0.05, 0) is 32.0 Å². The molecule has 0 aliphatic heterocycles. The Hall–Kier alpha value is -2.14. The first-order chi connectivity index (χ1) is 10.0. The predicted molar refractivity (Wildman–Crippen MR) is 81.6 cm³/mol. The van der Waals surface area contributed by atoms with E-state index in [1.165, 1.54) is 7.11 Å². The number of ether oxygens (including phenoxy) is 1. The molecular formula is C15H16ClN3O2. The minimum Gasteiger partial charge on any atom is -0.465 e. The lowest BCUT2D eigenvalue weighted by Gasteiger charge is -2.18. The van der Waals surface area contributed by atoms with Crippen LogP contribution in [-0.4, -0.2) is 23.0 Å². The Morgan fingerprint density at radius 2 is 2.05 bits per heavy atom. The summed E-state index contributed by atoms with van der Waals surface area (Å²) in [6.07, 6.45) is 3.28. The van der Waals surface area contributed by atoms with E-state index >= 15 is 0 Å². The quantitative estimate of drug-likeness (QED) is 0.877. The van der Waals surface area contributed by atoms with Crippen molar-refractivity contribution in [2.75, 3.05) is 12.4 Å². The first-order valence-corrected chi connectivity index (χ1v) is 6.82. The first kappa shape index (κ1) is 15.3. The molecule has 0 saturated heterocycles. The number of carbonyl (C=O) groups excluding carboxylic acids is 1. The molecule has 2 rings (SSSR count). The summed E-state index contributed by atoms with van der Waals surface area (Å²) in [6, 6.07) is 4.85. The number of nitrogens with one attached hydrogen (secondary N) is 1. The van der Waals surface area contributed by atoms with Gasteiger partial charge in [0.15, 0.2) is 0 Å². The molecule has 110 valence electrons. The van der Waals surface area contributed by atoms with E-state index in [4.69, 9.17) is 16.3 Å². The van der Waals surface area contributed by atoms with E-state index < -0.39 is 5.97 Å². The third kappa shape index (κ3) is 3.49. The van der Waals surface area contributed by atoms with Crippen LogP contribution in [0.1, 0.15) is 34.7 Å². The maximum Gasteiger partial charge on any atom is 0.339 e. The van der Waals surface area contributed by atoms with Gasteiger partial charge in [0, 0.05) is 17.4 Å². The third-order valence-corrected chi connectivity index (χ3v) is 3.32. The zero-order valence-corrected chi connectivity index (χ0v) is 12.8. The van der Waals surface area contributed by atoms with Gasteiger partial charge in [-0.3, -0.25) is 9.97 Å². The molecule has 1 heterocycles. The Labute approximate surface area is 128 Å². The van der Waals surface area contributed by atoms with Crippen LogP contribution in [0.2, 0.25) is 5.02 Å². The molecule has 0 fully saturated rings. The summed E-state index contributed by atoms with van der Waals surface area (Å²) in [5, 5.41) is 3.77. The van der Waals surface area contributed by atoms with E-state index in [0.29, 0.717) is 16.3 Å². The molecule has 1 atom stereocenters. The average molecular weight is 306 g/mol. The topological polar surface area (TPSA) is 64.1 Å². The number of carbonyl (C=O) groups is 1. The number of hydrogen-bond donors (Lipinski definition) is 1. The van der Waals surface area contributed by atoms with Gasteiger partial charge in [-0.1, -0.05) is 11.6 Å². The summed E-state index contributed by atoms with van der Waals surface area (Å²) in [4.78, 5) is 20.3. The number of aromatic nitrogens is 2. The number of methoxy groups -OCH3 is 1. The summed E-state index contributed by atoms with van der Waals surface area (Å²) >= 11 is 6.01. The van der Waals surface area contributed by atoms with E-state index in [1.807, 2.05) is 13.8 Å². The second-order valence-corrected chi connectivity index (χ2v) is 5.01. The van der Waals surface area contributed by atoms with Crippen molar-refractivity contribution in [2.24, 2.45) is 0 Å². The molecular weight excluding hydrogens is 290 g/mol. The summed E-state index contributed by atoms with van der Waals surface area (Å²) in [6.45, 7) is 3.83. The fraction of sp³-hybridized carbons (Fsp3) is 0.267. The van der Waals surface area contributed by atoms with Crippen molar-refractivity contribution in [2.45, 2.75) is 19.9 Å². The number of halogens is 1. The normalized spacial score (nSPS) is 11.8. The Kier molecular flexibility index (Phi) is 4.75. The molecule has 0 amide bonds. The van der Waals surface area contributed by atoms with Crippen LogP contribution in [-0.2, 0) is 4.74 Å². The van der Waals surface area contributed by atoms with Crippen molar-refractivity contribution >= 4 is 23.3 Å². The Bertz CT molecular complexity index is 661. The first-order valence-electron chi connectivity index (χ1n) is 6.45. The number of rotatable bonds is 4. The van der Waals surface area contributed by atoms with Crippen LogP contribution in [0.25, 0.3) is 0 Å². The smallest absolute Gasteiger partial charge is 0.339 e. The van der Waals surface area contributed by atoms with Gasteiger partial charge in [-0.2, -0.15) is 0 Å². The summed E-state index contributed by atoms with van der Waals surface area (Å²) in [5.41, 5.74) is 2.68. The maximum absolute atomic E-state index is 11.8. The number of hydrogen-bond acceptors (Lipinski definition) is 5. The van der Waals surface area contributed by atoms with Crippen LogP contribution in [0.4, 0.5) is 5.69 Å². The van der Waals surface area contributed by atoms with Gasteiger partial charge in [0.1, 0.15) is 0 Å². The minimum atomic E-state index is -0.419. The molecule has 0 spiro atoms. The highest BCUT2D eigenvalue weighted by Crippen LogP contribution is 2.26. The van der Waals surface area contributed by atoms with Crippen molar-refractivity contribution in [3.63, 3.8) is 0 Å². The molecule has 1 unspecified atom stereocenters. The zero-order valence-electron chi connectivity index (χ0n) is 12.1. The van der Waals surface area contributed by atoms with Crippen LogP contribution >= 0.6 is 11.6 Å². The molecule has 0 saturated carbocycles. The molecule has 0 aliphatic carbocycles. The number of aryl methyl sites for hydroxylation is 1. The minimum absolute atomic E-state index is 0.124. The van der Waals surface area contributed by atoms with Crippen molar-refractivity contribution in [1.82, 2.24) is 9.97 Å². The Morgan fingerprint density at radius 1 is 1.33 bits per heavy atom. The fourth-order valence-corrected chi connectivity index (χ4v) is 2.24. The number of anilines is 1. The molecule has 0 radical (unpaired) electrons. The number of benzene rings is 1. The second-order valence-electron chi connectivity index (χ2n) is 4.57. The monoisotopic (exact) mass is 305 g/mol. The highest BCUT2D eigenvalue weighted by Gasteiger charge is 2.16. The van der Waals surface area contributed by atoms with Gasteiger partial charge < -0.3 is 10.1 Å². The van der Waals surface area contributed by atoms with Crippen LogP contribution in [0.3, 0.4) is 0 Å². The van der Waals surface area contributed by atoms with E-state index in [2.05, 4.69) is 15.3 Å². The van der Waals surface area contributed by atoms with Gasteiger partial charge in [0.25, 0.3) is 0 Å². The highest BCUT2D eigenvalue weighted by molar-refractivity contribution is 6.31. The van der Waals surface area contributed by atoms with E-state index in [1.54, 1.807) is 30.6 Å². The number of nitrogens with zero attached hydrogens (tertiary/aromatic N) is 2. The molecule has 1 N–H and O–H groups in total. The summed E-state index contributed by atoms with van der Waals surface area (Å²) in [7, 11) is 1.34. The third-order valence-electron chi connectivity index (χ3n) is 3.09. The van der Waals surface area contributed by atoms with Gasteiger partial charge >= 0.3 is 5.97 Å². The van der Waals surface area contributed by atoms with Crippen molar-refractivity contribution in [1.29, 1.82) is 0 Å². The van der Waals surface area contributed by atoms with Gasteiger partial charge in [-0.15, -0.1) is 0 Å². The van der Waals surface area contributed by atoms with E-state index in [9.17, 15) is 4.79 Å².